The number of rotatable bonds is 30. The van der Waals surface area contributed by atoms with Gasteiger partial charge < -0.3 is 23.6 Å². The number of carbonyl (C=O) groups is 1. The van der Waals surface area contributed by atoms with E-state index in [1.165, 1.54) is 109 Å². The SMILES string of the molecule is CCCCCCCCCCCCCCCCCCCCCC(COP(O)OCCCN(C)C)OC=O. The maximum Gasteiger partial charge on any atom is 0.329 e. The molecule has 0 spiro atoms. The molecule has 0 aromatic carbocycles. The highest BCUT2D eigenvalue weighted by molar-refractivity contribution is 7.40. The Morgan fingerprint density at radius 1 is 0.694 bits per heavy atom. The topological polar surface area (TPSA) is 68.2 Å². The molecule has 2 unspecified atom stereocenters. The molecule has 0 rings (SSSR count). The first-order valence-electron chi connectivity index (χ1n) is 15.1. The third kappa shape index (κ3) is 28.3. The van der Waals surface area contributed by atoms with Crippen molar-refractivity contribution in [1.82, 2.24) is 4.90 Å². The van der Waals surface area contributed by atoms with Crippen LogP contribution in [0.4, 0.5) is 0 Å². The standard InChI is InChI=1S/C29H60NO5P/c1-4-5-6-7-8-9-10-11-12-13-14-15-16-17-18-19-20-21-22-24-29(33-28-31)27-35-36(32)34-26-23-25-30(2)3/h28-29,32H,4-27H2,1-3H3. The highest BCUT2D eigenvalue weighted by atomic mass is 31.2. The van der Waals surface area contributed by atoms with Crippen molar-refractivity contribution in [1.29, 1.82) is 0 Å². The van der Waals surface area contributed by atoms with E-state index in [-0.39, 0.29) is 12.7 Å². The van der Waals surface area contributed by atoms with Gasteiger partial charge in [0, 0.05) is 0 Å². The van der Waals surface area contributed by atoms with Gasteiger partial charge in [0.15, 0.2) is 0 Å². The number of unbranched alkanes of at least 4 members (excludes halogenated alkanes) is 18. The second kappa shape index (κ2) is 29.3. The zero-order valence-electron chi connectivity index (χ0n) is 24.1. The Hall–Kier alpha value is -0.260. The first-order chi connectivity index (χ1) is 17.6. The summed E-state index contributed by atoms with van der Waals surface area (Å²) in [6, 6.07) is 0. The van der Waals surface area contributed by atoms with Crippen molar-refractivity contribution < 1.29 is 23.5 Å². The monoisotopic (exact) mass is 533 g/mol. The van der Waals surface area contributed by atoms with Gasteiger partial charge in [-0.25, -0.2) is 0 Å². The van der Waals surface area contributed by atoms with Gasteiger partial charge in [0.25, 0.3) is 6.47 Å². The molecule has 0 aliphatic carbocycles. The van der Waals surface area contributed by atoms with E-state index in [4.69, 9.17) is 13.8 Å². The molecule has 0 saturated heterocycles. The van der Waals surface area contributed by atoms with Crippen LogP contribution in [-0.2, 0) is 18.6 Å². The van der Waals surface area contributed by atoms with E-state index in [1.54, 1.807) is 0 Å². The molecule has 1 N–H and O–H groups in total. The number of carbonyl (C=O) groups excluding carboxylic acids is 1. The van der Waals surface area contributed by atoms with Crippen LogP contribution in [0.2, 0.25) is 0 Å². The smallest absolute Gasteiger partial charge is 0.329 e. The van der Waals surface area contributed by atoms with E-state index in [1.807, 2.05) is 14.1 Å². The minimum absolute atomic E-state index is 0.188. The first-order valence-corrected chi connectivity index (χ1v) is 16.2. The Kier molecular flexibility index (Phi) is 29.1. The molecule has 36 heavy (non-hydrogen) atoms. The van der Waals surface area contributed by atoms with Crippen molar-refractivity contribution in [3.63, 3.8) is 0 Å². The van der Waals surface area contributed by atoms with Crippen molar-refractivity contribution in [3.05, 3.63) is 0 Å². The first kappa shape index (κ1) is 35.7. The van der Waals surface area contributed by atoms with Crippen molar-refractivity contribution in [2.24, 2.45) is 0 Å². The highest BCUT2D eigenvalue weighted by Crippen LogP contribution is 2.33. The molecular formula is C29H60NO5P. The molecule has 0 aromatic rings. The van der Waals surface area contributed by atoms with Gasteiger partial charge in [-0.1, -0.05) is 122 Å². The molecule has 0 heterocycles. The van der Waals surface area contributed by atoms with E-state index in [9.17, 15) is 9.69 Å². The van der Waals surface area contributed by atoms with Gasteiger partial charge in [0.2, 0.25) is 0 Å². The summed E-state index contributed by atoms with van der Waals surface area (Å²) in [6.45, 7) is 4.30. The van der Waals surface area contributed by atoms with Gasteiger partial charge in [-0.05, 0) is 39.9 Å². The maximum absolute atomic E-state index is 10.8. The van der Waals surface area contributed by atoms with Gasteiger partial charge in [0.05, 0.1) is 13.2 Å². The fourth-order valence-corrected chi connectivity index (χ4v) is 5.08. The van der Waals surface area contributed by atoms with E-state index < -0.39 is 8.60 Å². The van der Waals surface area contributed by atoms with Gasteiger partial charge >= 0.3 is 8.60 Å². The Balaban J connectivity index is 3.43. The van der Waals surface area contributed by atoms with Crippen LogP contribution in [0.5, 0.6) is 0 Å². The van der Waals surface area contributed by atoms with Gasteiger partial charge in [-0.15, -0.1) is 0 Å². The minimum Gasteiger partial charge on any atom is -0.462 e. The summed E-state index contributed by atoms with van der Waals surface area (Å²) in [6.07, 6.45) is 27.1. The Labute approximate surface area is 225 Å². The molecule has 2 atom stereocenters. The summed E-state index contributed by atoms with van der Waals surface area (Å²) >= 11 is 0. The molecule has 0 bridgehead atoms. The van der Waals surface area contributed by atoms with E-state index in [2.05, 4.69) is 11.8 Å². The van der Waals surface area contributed by atoms with Gasteiger partial charge in [0.1, 0.15) is 6.10 Å². The average molecular weight is 534 g/mol. The lowest BCUT2D eigenvalue weighted by molar-refractivity contribution is -0.135. The van der Waals surface area contributed by atoms with Crippen LogP contribution < -0.4 is 0 Å². The molecule has 0 aliphatic rings. The Morgan fingerprint density at radius 2 is 1.14 bits per heavy atom. The minimum atomic E-state index is -1.91. The molecular weight excluding hydrogens is 473 g/mol. The zero-order chi connectivity index (χ0) is 26.5. The molecule has 0 aliphatic heterocycles. The predicted molar refractivity (Wildman–Crippen MR) is 153 cm³/mol. The number of nitrogens with zero attached hydrogens (tertiary/aromatic N) is 1. The van der Waals surface area contributed by atoms with Crippen LogP contribution in [0, 0.1) is 0 Å². The predicted octanol–water partition coefficient (Wildman–Crippen LogP) is 8.55. The lowest BCUT2D eigenvalue weighted by atomic mass is 10.0. The Morgan fingerprint density at radius 3 is 1.56 bits per heavy atom. The third-order valence-electron chi connectivity index (χ3n) is 6.70. The van der Waals surface area contributed by atoms with Crippen LogP contribution in [0.25, 0.3) is 0 Å². The van der Waals surface area contributed by atoms with E-state index >= 15 is 0 Å². The molecule has 216 valence electrons. The van der Waals surface area contributed by atoms with Crippen LogP contribution in [-0.4, -0.2) is 56.2 Å². The summed E-state index contributed by atoms with van der Waals surface area (Å²) < 4.78 is 15.8. The maximum atomic E-state index is 10.8. The van der Waals surface area contributed by atoms with Crippen molar-refractivity contribution >= 4 is 15.1 Å². The van der Waals surface area contributed by atoms with Crippen LogP contribution in [0.3, 0.4) is 0 Å². The second-order valence-electron chi connectivity index (χ2n) is 10.5. The quantitative estimate of drug-likeness (QED) is 0.0567. The summed E-state index contributed by atoms with van der Waals surface area (Å²) in [5.41, 5.74) is 0. The number of hydrogen-bond donors (Lipinski definition) is 1. The molecule has 0 radical (unpaired) electrons. The lowest BCUT2D eigenvalue weighted by Crippen LogP contribution is -2.19. The summed E-state index contributed by atoms with van der Waals surface area (Å²) in [5, 5.41) is 0. The van der Waals surface area contributed by atoms with Gasteiger partial charge in [-0.3, -0.25) is 4.79 Å². The van der Waals surface area contributed by atoms with Crippen LogP contribution in [0.15, 0.2) is 0 Å². The van der Waals surface area contributed by atoms with Crippen LogP contribution in [0.1, 0.15) is 142 Å². The molecule has 0 saturated carbocycles. The van der Waals surface area contributed by atoms with Crippen molar-refractivity contribution in [3.8, 4) is 0 Å². The third-order valence-corrected chi connectivity index (χ3v) is 7.47. The average Bonchev–Trinajstić information content (AvgIpc) is 2.86. The number of hydrogen-bond acceptors (Lipinski definition) is 6. The summed E-state index contributed by atoms with van der Waals surface area (Å²) in [4.78, 5) is 22.7. The highest BCUT2D eigenvalue weighted by Gasteiger charge is 2.14. The molecule has 7 heteroatoms. The van der Waals surface area contributed by atoms with Gasteiger partial charge in [-0.2, -0.15) is 0 Å². The molecule has 0 aromatic heterocycles. The van der Waals surface area contributed by atoms with Crippen molar-refractivity contribution in [2.75, 3.05) is 33.9 Å². The second-order valence-corrected chi connectivity index (χ2v) is 11.5. The molecule has 0 fully saturated rings. The van der Waals surface area contributed by atoms with Crippen LogP contribution >= 0.6 is 8.60 Å². The fraction of sp³-hybridized carbons (Fsp3) is 0.966. The normalized spacial score (nSPS) is 13.2. The lowest BCUT2D eigenvalue weighted by Gasteiger charge is -2.17. The fourth-order valence-electron chi connectivity index (χ4n) is 4.43. The summed E-state index contributed by atoms with van der Waals surface area (Å²) in [7, 11) is 2.09. The summed E-state index contributed by atoms with van der Waals surface area (Å²) in [5.74, 6) is 0. The number of ether oxygens (including phenoxy) is 1. The zero-order valence-corrected chi connectivity index (χ0v) is 25.0. The largest absolute Gasteiger partial charge is 0.462 e. The van der Waals surface area contributed by atoms with E-state index in [0.717, 1.165) is 32.2 Å². The van der Waals surface area contributed by atoms with E-state index in [0.29, 0.717) is 13.1 Å². The molecule has 0 amide bonds. The molecule has 6 nitrogen and oxygen atoms in total. The Bertz CT molecular complexity index is 442. The van der Waals surface area contributed by atoms with Crippen molar-refractivity contribution in [2.45, 2.75) is 148 Å².